The van der Waals surface area contributed by atoms with E-state index in [2.05, 4.69) is 27.3 Å². The smallest absolute Gasteiger partial charge is 0.142 e. The van der Waals surface area contributed by atoms with Crippen LogP contribution in [0.5, 0.6) is 0 Å². The molecule has 0 aliphatic heterocycles. The van der Waals surface area contributed by atoms with Gasteiger partial charge in [0.25, 0.3) is 0 Å². The van der Waals surface area contributed by atoms with E-state index in [1.165, 1.54) is 12.1 Å². The zero-order chi connectivity index (χ0) is 20.8. The first kappa shape index (κ1) is 18.9. The highest BCUT2D eigenvalue weighted by Gasteiger charge is 2.15. The van der Waals surface area contributed by atoms with Gasteiger partial charge in [-0.25, -0.2) is 4.39 Å². The van der Waals surface area contributed by atoms with Crippen molar-refractivity contribution in [1.29, 1.82) is 0 Å². The molecular weight excluding hydrogens is 424 g/mol. The van der Waals surface area contributed by atoms with Gasteiger partial charge in [-0.2, -0.15) is 5.10 Å². The average molecular weight is 440 g/mol. The van der Waals surface area contributed by atoms with E-state index in [-0.39, 0.29) is 5.02 Å². The highest BCUT2D eigenvalue weighted by molar-refractivity contribution is 6.36. The molecule has 0 spiro atoms. The third kappa shape index (κ3) is 3.18. The van der Waals surface area contributed by atoms with Crippen LogP contribution < -0.4 is 5.01 Å². The van der Waals surface area contributed by atoms with E-state index < -0.39 is 5.82 Å². The third-order valence-corrected chi connectivity index (χ3v) is 5.95. The Morgan fingerprint density at radius 3 is 2.80 bits per heavy atom. The molecule has 30 heavy (non-hydrogen) atoms. The molecule has 5 aromatic rings. The topological polar surface area (TPSA) is 49.7 Å². The lowest BCUT2D eigenvalue weighted by molar-refractivity contribution is 0.620. The van der Waals surface area contributed by atoms with Gasteiger partial charge >= 0.3 is 0 Å². The first-order valence-corrected chi connectivity index (χ1v) is 10.0. The predicted octanol–water partition coefficient (Wildman–Crippen LogP) is 5.79. The summed E-state index contributed by atoms with van der Waals surface area (Å²) < 4.78 is 15.9. The normalized spacial score (nSPS) is 11.5. The quantitative estimate of drug-likeness (QED) is 0.360. The molecular formula is C22H16Cl2FN5. The molecule has 0 fully saturated rings. The van der Waals surface area contributed by atoms with Crippen LogP contribution in [-0.2, 0) is 6.54 Å². The highest BCUT2D eigenvalue weighted by atomic mass is 35.5. The fourth-order valence-electron chi connectivity index (χ4n) is 3.59. The van der Waals surface area contributed by atoms with Crippen LogP contribution in [-0.4, -0.2) is 26.9 Å². The summed E-state index contributed by atoms with van der Waals surface area (Å²) in [6.45, 7) is 0.338. The zero-order valence-corrected chi connectivity index (χ0v) is 17.4. The Bertz CT molecular complexity index is 1390. The number of halogens is 3. The van der Waals surface area contributed by atoms with Crippen LogP contribution in [0.4, 0.5) is 4.39 Å². The molecule has 0 radical (unpaired) electrons. The van der Waals surface area contributed by atoms with Crippen molar-refractivity contribution in [3.8, 4) is 11.1 Å². The molecule has 3 heterocycles. The number of rotatable bonds is 4. The third-order valence-electron chi connectivity index (χ3n) is 5.19. The Kier molecular flexibility index (Phi) is 4.60. The van der Waals surface area contributed by atoms with E-state index in [0.29, 0.717) is 17.1 Å². The molecule has 0 saturated carbocycles. The molecule has 150 valence electrons. The number of nitrogens with one attached hydrogen (secondary N) is 1. The van der Waals surface area contributed by atoms with Gasteiger partial charge in [0.15, 0.2) is 0 Å². The van der Waals surface area contributed by atoms with E-state index >= 15 is 0 Å². The molecule has 3 aromatic heterocycles. The molecule has 0 amide bonds. The number of hydrogen-bond acceptors (Lipinski definition) is 3. The minimum atomic E-state index is -0.486. The summed E-state index contributed by atoms with van der Waals surface area (Å²) in [5, 5.41) is 10.5. The Balaban J connectivity index is 1.54. The summed E-state index contributed by atoms with van der Waals surface area (Å²) in [4.78, 5) is 4.60. The van der Waals surface area contributed by atoms with Gasteiger partial charge in [-0.05, 0) is 42.0 Å². The molecule has 1 N–H and O–H groups in total. The van der Waals surface area contributed by atoms with Gasteiger partial charge in [0.1, 0.15) is 5.82 Å². The molecule has 0 aliphatic rings. The van der Waals surface area contributed by atoms with Crippen molar-refractivity contribution in [3.63, 3.8) is 0 Å². The number of aromatic amines is 1. The van der Waals surface area contributed by atoms with Crippen LogP contribution in [0.2, 0.25) is 10.0 Å². The van der Waals surface area contributed by atoms with Gasteiger partial charge < -0.3 is 5.01 Å². The highest BCUT2D eigenvalue weighted by Crippen LogP contribution is 2.29. The molecule has 0 atom stereocenters. The lowest BCUT2D eigenvalue weighted by atomic mass is 10.1. The van der Waals surface area contributed by atoms with E-state index in [0.717, 1.165) is 33.1 Å². The van der Waals surface area contributed by atoms with Gasteiger partial charge in [0.2, 0.25) is 0 Å². The summed E-state index contributed by atoms with van der Waals surface area (Å²) >= 11 is 12.4. The molecule has 8 heteroatoms. The Morgan fingerprint density at radius 2 is 1.93 bits per heavy atom. The van der Waals surface area contributed by atoms with E-state index in [4.69, 9.17) is 23.2 Å². The molecule has 0 aliphatic carbocycles. The number of benzene rings is 2. The number of H-pyrrole nitrogens is 1. The molecule has 0 bridgehead atoms. The number of hydrogen-bond donors (Lipinski definition) is 1. The van der Waals surface area contributed by atoms with E-state index in [1.807, 2.05) is 47.3 Å². The van der Waals surface area contributed by atoms with Crippen molar-refractivity contribution < 1.29 is 4.39 Å². The van der Waals surface area contributed by atoms with Gasteiger partial charge in [0, 0.05) is 41.0 Å². The second-order valence-corrected chi connectivity index (χ2v) is 7.88. The molecule has 2 aromatic carbocycles. The maximum Gasteiger partial charge on any atom is 0.142 e. The van der Waals surface area contributed by atoms with Crippen LogP contribution in [0, 0.1) is 5.82 Å². The van der Waals surface area contributed by atoms with Crippen LogP contribution in [0.3, 0.4) is 0 Å². The van der Waals surface area contributed by atoms with Crippen molar-refractivity contribution in [1.82, 2.24) is 19.9 Å². The summed E-state index contributed by atoms with van der Waals surface area (Å²) in [5.41, 5.74) is 5.33. The van der Waals surface area contributed by atoms with Crippen LogP contribution in [0.25, 0.3) is 33.1 Å². The van der Waals surface area contributed by atoms with Crippen LogP contribution >= 0.6 is 23.2 Å². The second-order valence-electron chi connectivity index (χ2n) is 7.10. The Labute approximate surface area is 181 Å². The Morgan fingerprint density at radius 1 is 1.07 bits per heavy atom. The minimum Gasteiger partial charge on any atom is -0.311 e. The summed E-state index contributed by atoms with van der Waals surface area (Å²) in [6, 6.07) is 12.9. The summed E-state index contributed by atoms with van der Waals surface area (Å²) in [7, 11) is 1.89. The minimum absolute atomic E-state index is 0.0399. The van der Waals surface area contributed by atoms with Gasteiger partial charge in [0.05, 0.1) is 34.3 Å². The van der Waals surface area contributed by atoms with Crippen LogP contribution in [0.1, 0.15) is 5.56 Å². The number of aromatic nitrogens is 4. The van der Waals surface area contributed by atoms with E-state index in [9.17, 15) is 4.39 Å². The predicted molar refractivity (Wildman–Crippen MR) is 119 cm³/mol. The van der Waals surface area contributed by atoms with Gasteiger partial charge in [-0.3, -0.25) is 14.8 Å². The molecule has 0 unspecified atom stereocenters. The maximum atomic E-state index is 13.9. The van der Waals surface area contributed by atoms with Crippen LogP contribution in [0.15, 0.2) is 61.1 Å². The monoisotopic (exact) mass is 439 g/mol. The van der Waals surface area contributed by atoms with Gasteiger partial charge in [-0.1, -0.05) is 29.3 Å². The Hall–Kier alpha value is -3.09. The van der Waals surface area contributed by atoms with Crippen molar-refractivity contribution in [3.05, 3.63) is 82.5 Å². The number of fused-ring (bicyclic) bond motifs is 2. The molecule has 0 saturated heterocycles. The second kappa shape index (κ2) is 7.31. The van der Waals surface area contributed by atoms with Gasteiger partial charge in [-0.15, -0.1) is 0 Å². The van der Waals surface area contributed by atoms with E-state index in [1.54, 1.807) is 6.20 Å². The number of nitrogens with zero attached hydrogens (tertiary/aromatic N) is 4. The molecule has 5 rings (SSSR count). The largest absolute Gasteiger partial charge is 0.311 e. The van der Waals surface area contributed by atoms with Crippen molar-refractivity contribution in [2.24, 2.45) is 0 Å². The number of pyridine rings is 1. The lowest BCUT2D eigenvalue weighted by Gasteiger charge is -2.23. The molecule has 5 nitrogen and oxygen atoms in total. The fraction of sp³-hybridized carbons (Fsp3) is 0.0909. The van der Waals surface area contributed by atoms with Crippen molar-refractivity contribution in [2.75, 3.05) is 12.1 Å². The maximum absolute atomic E-state index is 13.9. The standard InChI is InChI=1S/C22H16Cl2FN5/c1-29(12-16-17(23)3-4-18(25)22(16)24)30-7-6-20-21(30)9-14(10-26-20)13-2-5-19-15(8-13)11-27-28-19/h2-11H,12H2,1H3,(H,27,28). The lowest BCUT2D eigenvalue weighted by Crippen LogP contribution is -2.29. The van der Waals surface area contributed by atoms with Crippen molar-refractivity contribution >= 4 is 45.1 Å². The zero-order valence-electron chi connectivity index (χ0n) is 15.9. The average Bonchev–Trinajstić information content (AvgIpc) is 3.39. The fourth-order valence-corrected chi connectivity index (χ4v) is 4.08. The van der Waals surface area contributed by atoms with Crippen molar-refractivity contribution in [2.45, 2.75) is 6.54 Å². The summed E-state index contributed by atoms with van der Waals surface area (Å²) in [5.74, 6) is -0.486. The first-order chi connectivity index (χ1) is 14.5. The SMILES string of the molecule is CN(Cc1c(Cl)ccc(F)c1Cl)n1ccc2ncc(-c3ccc4[nH]ncc4c3)cc21. The summed E-state index contributed by atoms with van der Waals surface area (Å²) in [6.07, 6.45) is 5.57. The first-order valence-electron chi connectivity index (χ1n) is 9.25.